The van der Waals surface area contributed by atoms with Gasteiger partial charge in [0.2, 0.25) is 5.75 Å². The average molecular weight is 379 g/mol. The summed E-state index contributed by atoms with van der Waals surface area (Å²) < 4.78 is 29.3. The zero-order chi connectivity index (χ0) is 19.5. The number of ether oxygens (including phenoxy) is 1. The Hall–Kier alpha value is -3.14. The van der Waals surface area contributed by atoms with E-state index in [1.807, 2.05) is 11.8 Å². The lowest BCUT2D eigenvalue weighted by atomic mass is 10.1. The second-order valence-corrected chi connectivity index (χ2v) is 7.11. The molecule has 0 aromatic heterocycles. The molecule has 0 amide bonds. The van der Waals surface area contributed by atoms with Crippen LogP contribution in [0, 0.1) is 24.0 Å². The summed E-state index contributed by atoms with van der Waals surface area (Å²) in [7, 11) is -2.64. The van der Waals surface area contributed by atoms with Gasteiger partial charge in [0.1, 0.15) is 0 Å². The molecule has 0 bridgehead atoms. The molecule has 26 heavy (non-hydrogen) atoms. The summed E-state index contributed by atoms with van der Waals surface area (Å²) in [5, 5.41) is 24.3. The molecule has 0 atom stereocenters. The van der Waals surface area contributed by atoms with Gasteiger partial charge in [0.25, 0.3) is 10.0 Å². The van der Waals surface area contributed by atoms with Crippen molar-refractivity contribution in [3.05, 3.63) is 57.1 Å². The Morgan fingerprint density at radius 2 is 1.92 bits per heavy atom. The molecule has 10 heteroatoms. The van der Waals surface area contributed by atoms with Gasteiger partial charge in [0.15, 0.2) is 5.75 Å². The molecule has 0 aliphatic carbocycles. The van der Waals surface area contributed by atoms with Crippen molar-refractivity contribution in [1.29, 1.82) is 0 Å². The van der Waals surface area contributed by atoms with Gasteiger partial charge >= 0.3 is 5.69 Å². The van der Waals surface area contributed by atoms with E-state index >= 15 is 0 Å². The SMILES string of the molecule is COc1cc(/C=N/NS(=O)(=O)c2ccc(C)c(C)c2)cc([N+](=O)[O-])c1O. The number of nitrogens with one attached hydrogen (secondary N) is 1. The molecule has 0 saturated heterocycles. The van der Waals surface area contributed by atoms with Gasteiger partial charge in [0, 0.05) is 11.6 Å². The van der Waals surface area contributed by atoms with Crippen molar-refractivity contribution in [2.24, 2.45) is 5.10 Å². The van der Waals surface area contributed by atoms with E-state index in [0.29, 0.717) is 0 Å². The lowest BCUT2D eigenvalue weighted by molar-refractivity contribution is -0.386. The minimum atomic E-state index is -3.88. The molecule has 2 rings (SSSR count). The minimum Gasteiger partial charge on any atom is -0.500 e. The van der Waals surface area contributed by atoms with E-state index in [9.17, 15) is 23.6 Å². The van der Waals surface area contributed by atoms with Gasteiger partial charge in [-0.3, -0.25) is 10.1 Å². The zero-order valence-corrected chi connectivity index (χ0v) is 15.1. The third-order valence-corrected chi connectivity index (χ3v) is 4.89. The highest BCUT2D eigenvalue weighted by Gasteiger charge is 2.19. The fourth-order valence-electron chi connectivity index (χ4n) is 2.09. The molecule has 0 aliphatic heterocycles. The summed E-state index contributed by atoms with van der Waals surface area (Å²) in [4.78, 5) is 12.3. The highest BCUT2D eigenvalue weighted by molar-refractivity contribution is 7.89. The number of aromatic hydroxyl groups is 1. The van der Waals surface area contributed by atoms with Crippen LogP contribution in [0.4, 0.5) is 5.69 Å². The number of hydrogen-bond acceptors (Lipinski definition) is 7. The average Bonchev–Trinajstić information content (AvgIpc) is 2.58. The number of rotatable bonds is 6. The highest BCUT2D eigenvalue weighted by Crippen LogP contribution is 2.36. The molecule has 2 aromatic carbocycles. The number of methoxy groups -OCH3 is 1. The third-order valence-electron chi connectivity index (χ3n) is 3.67. The number of benzene rings is 2. The first-order valence-corrected chi connectivity index (χ1v) is 8.81. The maximum absolute atomic E-state index is 12.2. The largest absolute Gasteiger partial charge is 0.500 e. The number of hydrazone groups is 1. The van der Waals surface area contributed by atoms with Gasteiger partial charge in [0.05, 0.1) is 23.1 Å². The summed E-state index contributed by atoms with van der Waals surface area (Å²) in [6.45, 7) is 3.65. The summed E-state index contributed by atoms with van der Waals surface area (Å²) in [6, 6.07) is 6.99. The van der Waals surface area contributed by atoms with Crippen LogP contribution in [0.1, 0.15) is 16.7 Å². The van der Waals surface area contributed by atoms with Crippen LogP contribution in [0.3, 0.4) is 0 Å². The third kappa shape index (κ3) is 4.09. The Morgan fingerprint density at radius 1 is 1.23 bits per heavy atom. The van der Waals surface area contributed by atoms with Crippen LogP contribution in [0.25, 0.3) is 0 Å². The monoisotopic (exact) mass is 379 g/mol. The predicted octanol–water partition coefficient (Wildman–Crippen LogP) is 2.24. The molecular formula is C16H17N3O6S. The topological polar surface area (TPSA) is 131 Å². The normalized spacial score (nSPS) is 11.5. The summed E-state index contributed by atoms with van der Waals surface area (Å²) in [5.74, 6) is -0.747. The Kier molecular flexibility index (Phi) is 5.46. The van der Waals surface area contributed by atoms with E-state index in [1.54, 1.807) is 13.0 Å². The van der Waals surface area contributed by atoms with Crippen LogP contribution in [0.15, 0.2) is 40.3 Å². The molecule has 2 aromatic rings. The predicted molar refractivity (Wildman–Crippen MR) is 95.1 cm³/mol. The van der Waals surface area contributed by atoms with Gasteiger partial charge < -0.3 is 9.84 Å². The molecular weight excluding hydrogens is 362 g/mol. The molecule has 0 heterocycles. The fourth-order valence-corrected chi connectivity index (χ4v) is 2.96. The van der Waals surface area contributed by atoms with E-state index in [1.165, 1.54) is 25.3 Å². The summed E-state index contributed by atoms with van der Waals surface area (Å²) >= 11 is 0. The van der Waals surface area contributed by atoms with Gasteiger partial charge in [-0.2, -0.15) is 13.5 Å². The number of aryl methyl sites for hydroxylation is 2. The van der Waals surface area contributed by atoms with Crippen LogP contribution in [0.2, 0.25) is 0 Å². The standard InChI is InChI=1S/C16H17N3O6S/c1-10-4-5-13(6-11(10)2)26(23,24)18-17-9-12-7-14(19(21)22)16(20)15(8-12)25-3/h4-9,18,20H,1-3H3/b17-9+. The molecule has 9 nitrogen and oxygen atoms in total. The van der Waals surface area contributed by atoms with Crippen molar-refractivity contribution in [3.8, 4) is 11.5 Å². The lowest BCUT2D eigenvalue weighted by Crippen LogP contribution is -2.18. The number of nitro benzene ring substituents is 1. The molecule has 0 unspecified atom stereocenters. The van der Waals surface area contributed by atoms with Gasteiger partial charge in [-0.25, -0.2) is 4.83 Å². The summed E-state index contributed by atoms with van der Waals surface area (Å²) in [6.07, 6.45) is 1.08. The molecule has 0 fully saturated rings. The Morgan fingerprint density at radius 3 is 2.50 bits per heavy atom. The van der Waals surface area contributed by atoms with E-state index < -0.39 is 26.4 Å². The van der Waals surface area contributed by atoms with Crippen LogP contribution < -0.4 is 9.57 Å². The van der Waals surface area contributed by atoms with Gasteiger partial charge in [-0.1, -0.05) is 6.07 Å². The van der Waals surface area contributed by atoms with E-state index in [4.69, 9.17) is 4.74 Å². The first-order chi connectivity index (χ1) is 12.2. The van der Waals surface area contributed by atoms with Crippen LogP contribution in [-0.4, -0.2) is 31.8 Å². The van der Waals surface area contributed by atoms with E-state index in [0.717, 1.165) is 23.4 Å². The van der Waals surface area contributed by atoms with Crippen molar-refractivity contribution in [2.75, 3.05) is 7.11 Å². The van der Waals surface area contributed by atoms with E-state index in [-0.39, 0.29) is 16.2 Å². The summed E-state index contributed by atoms with van der Waals surface area (Å²) in [5.41, 5.74) is 1.36. The van der Waals surface area contributed by atoms with Gasteiger partial charge in [-0.05, 0) is 43.2 Å². The number of hydrogen-bond donors (Lipinski definition) is 2. The molecule has 0 radical (unpaired) electrons. The lowest BCUT2D eigenvalue weighted by Gasteiger charge is -2.07. The number of phenols is 1. The smallest absolute Gasteiger partial charge is 0.315 e. The van der Waals surface area contributed by atoms with Crippen molar-refractivity contribution in [2.45, 2.75) is 18.7 Å². The van der Waals surface area contributed by atoms with Crippen molar-refractivity contribution in [3.63, 3.8) is 0 Å². The molecule has 0 spiro atoms. The van der Waals surface area contributed by atoms with Crippen LogP contribution in [-0.2, 0) is 10.0 Å². The van der Waals surface area contributed by atoms with Crippen molar-refractivity contribution >= 4 is 21.9 Å². The maximum Gasteiger partial charge on any atom is 0.315 e. The Bertz CT molecular complexity index is 986. The first-order valence-electron chi connectivity index (χ1n) is 7.33. The molecule has 2 N–H and O–H groups in total. The number of phenolic OH excluding ortho intramolecular Hbond substituents is 1. The Labute approximate surface area is 150 Å². The second kappa shape index (κ2) is 7.40. The van der Waals surface area contributed by atoms with Gasteiger partial charge in [-0.15, -0.1) is 0 Å². The number of nitro groups is 1. The highest BCUT2D eigenvalue weighted by atomic mass is 32.2. The maximum atomic E-state index is 12.2. The van der Waals surface area contributed by atoms with Crippen molar-refractivity contribution in [1.82, 2.24) is 4.83 Å². The minimum absolute atomic E-state index is 0.0482. The number of nitrogens with zero attached hydrogens (tertiary/aromatic N) is 2. The quantitative estimate of drug-likeness (QED) is 0.449. The zero-order valence-electron chi connectivity index (χ0n) is 14.3. The molecule has 138 valence electrons. The van der Waals surface area contributed by atoms with Crippen molar-refractivity contribution < 1.29 is 23.2 Å². The van der Waals surface area contributed by atoms with Crippen LogP contribution in [0.5, 0.6) is 11.5 Å². The second-order valence-electron chi connectivity index (χ2n) is 5.45. The fraction of sp³-hybridized carbons (Fsp3) is 0.188. The first kappa shape index (κ1) is 19.2. The Balaban J connectivity index is 2.28. The van der Waals surface area contributed by atoms with E-state index in [2.05, 4.69) is 5.10 Å². The number of sulfonamides is 1. The van der Waals surface area contributed by atoms with Crippen LogP contribution >= 0.6 is 0 Å². The molecule has 0 aliphatic rings. The molecule has 0 saturated carbocycles.